The van der Waals surface area contributed by atoms with Crippen molar-refractivity contribution in [1.29, 1.82) is 0 Å². The van der Waals surface area contributed by atoms with Crippen LogP contribution < -0.4 is 34.3 Å². The van der Waals surface area contributed by atoms with E-state index in [0.717, 1.165) is 32.1 Å². The molecule has 28 heavy (non-hydrogen) atoms. The molecule has 0 aromatic heterocycles. The summed E-state index contributed by atoms with van der Waals surface area (Å²) in [6.07, 6.45) is 4.44. The fraction of sp³-hybridized carbons (Fsp3) is 0.700. The molecular weight excluding hydrogens is 391 g/mol. The average Bonchev–Trinajstić information content (AvgIpc) is 2.63. The van der Waals surface area contributed by atoms with Gasteiger partial charge in [0.25, 0.3) is 0 Å². The van der Waals surface area contributed by atoms with Gasteiger partial charge in [-0.3, -0.25) is 0 Å². The van der Waals surface area contributed by atoms with Crippen LogP contribution in [-0.4, -0.2) is 37.4 Å². The molecule has 1 aromatic carbocycles. The van der Waals surface area contributed by atoms with Crippen LogP contribution in [-0.2, 0) is 19.6 Å². The van der Waals surface area contributed by atoms with Gasteiger partial charge in [0.1, 0.15) is 15.9 Å². The van der Waals surface area contributed by atoms with Gasteiger partial charge in [0.2, 0.25) is 11.2 Å². The molecule has 0 spiro atoms. The molecule has 0 N–H and O–H groups in total. The van der Waals surface area contributed by atoms with Crippen LogP contribution >= 0.6 is 0 Å². The first kappa shape index (κ1) is 27.8. The smallest absolute Gasteiger partial charge is 0.745 e. The first-order valence-electron chi connectivity index (χ1n) is 9.84. The van der Waals surface area contributed by atoms with Crippen molar-refractivity contribution in [1.82, 2.24) is 0 Å². The van der Waals surface area contributed by atoms with Gasteiger partial charge in [0.15, 0.2) is 0 Å². The normalized spacial score (nSPS) is 13.8. The van der Waals surface area contributed by atoms with Crippen molar-refractivity contribution in [2.24, 2.45) is 0 Å². The molecule has 8 heteroatoms. The minimum Gasteiger partial charge on any atom is -0.745 e. The Morgan fingerprint density at radius 3 is 1.96 bits per heavy atom. The van der Waals surface area contributed by atoms with Crippen LogP contribution in [0.15, 0.2) is 30.3 Å². The van der Waals surface area contributed by atoms with E-state index in [2.05, 4.69) is 6.92 Å². The Labute approximate surface area is 192 Å². The van der Waals surface area contributed by atoms with E-state index in [-0.39, 0.29) is 49.2 Å². The SMILES string of the molecule is CCCCCCCCC(Oc1ccccc1)(C(OCC)OCC)S(=O)(=O)[O-].[Na+]. The molecule has 0 heterocycles. The van der Waals surface area contributed by atoms with Gasteiger partial charge in [-0.1, -0.05) is 57.2 Å². The molecule has 0 fully saturated rings. The van der Waals surface area contributed by atoms with Crippen molar-refractivity contribution in [3.63, 3.8) is 0 Å². The maximum absolute atomic E-state index is 12.4. The van der Waals surface area contributed by atoms with Crippen LogP contribution in [0, 0.1) is 0 Å². The molecule has 1 aromatic rings. The Hall–Kier alpha value is -0.150. The zero-order valence-electron chi connectivity index (χ0n) is 17.7. The van der Waals surface area contributed by atoms with Crippen LogP contribution in [0.2, 0.25) is 0 Å². The first-order valence-corrected chi connectivity index (χ1v) is 11.2. The van der Waals surface area contributed by atoms with Gasteiger partial charge in [-0.25, -0.2) is 8.42 Å². The molecular formula is C20H33NaO6S. The number of hydrogen-bond acceptors (Lipinski definition) is 6. The predicted octanol–water partition coefficient (Wildman–Crippen LogP) is 1.46. The fourth-order valence-electron chi connectivity index (χ4n) is 2.96. The van der Waals surface area contributed by atoms with Gasteiger partial charge in [0.05, 0.1) is 0 Å². The monoisotopic (exact) mass is 424 g/mol. The Bertz CT molecular complexity index is 604. The molecule has 0 saturated heterocycles. The summed E-state index contributed by atoms with van der Waals surface area (Å²) in [5.41, 5.74) is 0. The number of rotatable bonds is 15. The van der Waals surface area contributed by atoms with Gasteiger partial charge < -0.3 is 18.8 Å². The van der Waals surface area contributed by atoms with Crippen molar-refractivity contribution >= 4 is 10.1 Å². The van der Waals surface area contributed by atoms with Crippen LogP contribution in [0.1, 0.15) is 65.7 Å². The van der Waals surface area contributed by atoms with E-state index in [4.69, 9.17) is 14.2 Å². The molecule has 1 unspecified atom stereocenters. The van der Waals surface area contributed by atoms with Crippen molar-refractivity contribution < 1.29 is 56.7 Å². The zero-order valence-corrected chi connectivity index (χ0v) is 20.5. The third kappa shape index (κ3) is 8.69. The maximum atomic E-state index is 12.4. The Morgan fingerprint density at radius 1 is 0.929 bits per heavy atom. The second-order valence-corrected chi connectivity index (χ2v) is 8.04. The van der Waals surface area contributed by atoms with E-state index < -0.39 is 21.3 Å². The van der Waals surface area contributed by atoms with E-state index in [1.54, 1.807) is 44.2 Å². The Morgan fingerprint density at radius 2 is 1.46 bits per heavy atom. The summed E-state index contributed by atoms with van der Waals surface area (Å²) < 4.78 is 54.0. The minimum absolute atomic E-state index is 0. The van der Waals surface area contributed by atoms with Crippen LogP contribution in [0.25, 0.3) is 0 Å². The van der Waals surface area contributed by atoms with Gasteiger partial charge >= 0.3 is 29.6 Å². The molecule has 0 aliphatic heterocycles. The van der Waals surface area contributed by atoms with Gasteiger partial charge in [0, 0.05) is 19.6 Å². The molecule has 0 aliphatic rings. The summed E-state index contributed by atoms with van der Waals surface area (Å²) in [7, 11) is -4.89. The van der Waals surface area contributed by atoms with E-state index >= 15 is 0 Å². The van der Waals surface area contributed by atoms with Crippen LogP contribution in [0.3, 0.4) is 0 Å². The number of hydrogen-bond donors (Lipinski definition) is 0. The van der Waals surface area contributed by atoms with E-state index in [0.29, 0.717) is 12.2 Å². The number of unbranched alkanes of at least 4 members (excludes halogenated alkanes) is 5. The van der Waals surface area contributed by atoms with Crippen molar-refractivity contribution in [3.05, 3.63) is 30.3 Å². The van der Waals surface area contributed by atoms with E-state index in [1.807, 2.05) is 0 Å². The van der Waals surface area contributed by atoms with Crippen LogP contribution in [0.4, 0.5) is 0 Å². The van der Waals surface area contributed by atoms with E-state index in [1.165, 1.54) is 0 Å². The second kappa shape index (κ2) is 14.8. The zero-order chi connectivity index (χ0) is 20.2. The topological polar surface area (TPSA) is 84.9 Å². The van der Waals surface area contributed by atoms with E-state index in [9.17, 15) is 13.0 Å². The Kier molecular flexibility index (Phi) is 14.7. The predicted molar refractivity (Wildman–Crippen MR) is 105 cm³/mol. The summed E-state index contributed by atoms with van der Waals surface area (Å²) in [4.78, 5) is -2.12. The van der Waals surface area contributed by atoms with Crippen molar-refractivity contribution in [2.75, 3.05) is 13.2 Å². The quantitative estimate of drug-likeness (QED) is 0.183. The van der Waals surface area contributed by atoms with Crippen LogP contribution in [0.5, 0.6) is 5.75 Å². The standard InChI is InChI=1S/C20H34O6S.Na/c1-4-7-8-9-10-14-17-20(27(21,22)23,19(24-5-2)25-6-3)26-18-15-12-11-13-16-18;/h11-13,15-16,19H,4-10,14,17H2,1-3H3,(H,21,22,23);/q;+1/p-1. The molecule has 1 rings (SSSR count). The molecule has 156 valence electrons. The average molecular weight is 425 g/mol. The third-order valence-corrected chi connectivity index (χ3v) is 5.66. The minimum atomic E-state index is -4.89. The number of ether oxygens (including phenoxy) is 3. The molecule has 6 nitrogen and oxygen atoms in total. The van der Waals surface area contributed by atoms with Gasteiger partial charge in [-0.05, 0) is 32.4 Å². The number of para-hydroxylation sites is 1. The molecule has 0 amide bonds. The largest absolute Gasteiger partial charge is 1.00 e. The summed E-state index contributed by atoms with van der Waals surface area (Å²) in [5, 5.41) is 0. The fourth-order valence-corrected chi connectivity index (χ4v) is 3.92. The molecule has 0 radical (unpaired) electrons. The van der Waals surface area contributed by atoms with Crippen molar-refractivity contribution in [3.8, 4) is 5.75 Å². The molecule has 0 aliphatic carbocycles. The molecule has 0 saturated carbocycles. The summed E-state index contributed by atoms with van der Waals surface area (Å²) >= 11 is 0. The maximum Gasteiger partial charge on any atom is 1.00 e. The van der Waals surface area contributed by atoms with Gasteiger partial charge in [-0.2, -0.15) is 0 Å². The second-order valence-electron chi connectivity index (χ2n) is 6.44. The first-order chi connectivity index (χ1) is 12.9. The summed E-state index contributed by atoms with van der Waals surface area (Å²) in [6, 6.07) is 8.47. The Balaban J connectivity index is 0.00000729. The number of benzene rings is 1. The van der Waals surface area contributed by atoms with Crippen molar-refractivity contribution in [2.45, 2.75) is 76.9 Å². The summed E-state index contributed by atoms with van der Waals surface area (Å²) in [6.45, 7) is 5.99. The summed E-state index contributed by atoms with van der Waals surface area (Å²) in [5.74, 6) is 0.298. The molecule has 0 bridgehead atoms. The molecule has 1 atom stereocenters. The third-order valence-electron chi connectivity index (χ3n) is 4.33. The van der Waals surface area contributed by atoms with Gasteiger partial charge in [-0.15, -0.1) is 0 Å².